The van der Waals surface area contributed by atoms with Crippen molar-refractivity contribution in [3.05, 3.63) is 24.5 Å². The van der Waals surface area contributed by atoms with E-state index in [0.717, 1.165) is 29.4 Å². The van der Waals surface area contributed by atoms with Crippen molar-refractivity contribution >= 4 is 17.7 Å². The summed E-state index contributed by atoms with van der Waals surface area (Å²) in [4.78, 5) is 16.5. The minimum absolute atomic E-state index is 0.0813. The minimum Gasteiger partial charge on any atom is -0.352 e. The highest BCUT2D eigenvalue weighted by atomic mass is 32.2. The minimum atomic E-state index is -0.198. The van der Waals surface area contributed by atoms with Crippen molar-refractivity contribution in [2.24, 2.45) is 7.05 Å². The first kappa shape index (κ1) is 17.0. The Labute approximate surface area is 146 Å². The molecule has 0 bridgehead atoms. The Balaban J connectivity index is 1.63. The van der Waals surface area contributed by atoms with Crippen molar-refractivity contribution in [2.75, 3.05) is 0 Å². The maximum Gasteiger partial charge on any atom is 0.233 e. The van der Waals surface area contributed by atoms with E-state index in [1.807, 2.05) is 30.7 Å². The Morgan fingerprint density at radius 3 is 2.83 bits per heavy atom. The molecule has 128 valence electrons. The van der Waals surface area contributed by atoms with Gasteiger partial charge in [-0.15, -0.1) is 10.2 Å². The van der Waals surface area contributed by atoms with E-state index in [2.05, 4.69) is 20.5 Å². The molecule has 7 heteroatoms. The molecular weight excluding hydrogens is 322 g/mol. The highest BCUT2D eigenvalue weighted by Crippen LogP contribution is 2.26. The van der Waals surface area contributed by atoms with Gasteiger partial charge in [0.25, 0.3) is 0 Å². The number of pyridine rings is 1. The monoisotopic (exact) mass is 345 g/mol. The molecule has 0 aromatic carbocycles. The van der Waals surface area contributed by atoms with Crippen LogP contribution in [0.2, 0.25) is 0 Å². The molecule has 2 aromatic heterocycles. The SMILES string of the molecule is CC(Sc1nnc(-c2cccnc2)n1C)C(=O)NC1CCCCC1. The zero-order valence-corrected chi connectivity index (χ0v) is 14.9. The molecule has 2 heterocycles. The highest BCUT2D eigenvalue weighted by molar-refractivity contribution is 8.00. The molecule has 1 aliphatic carbocycles. The summed E-state index contributed by atoms with van der Waals surface area (Å²) < 4.78 is 1.91. The van der Waals surface area contributed by atoms with Crippen LogP contribution >= 0.6 is 11.8 Å². The Kier molecular flexibility index (Phi) is 5.50. The molecule has 6 nitrogen and oxygen atoms in total. The second-order valence-electron chi connectivity index (χ2n) is 6.21. The van der Waals surface area contributed by atoms with Crippen molar-refractivity contribution in [2.45, 2.75) is 55.5 Å². The zero-order valence-electron chi connectivity index (χ0n) is 14.1. The number of rotatable bonds is 5. The number of carbonyl (C=O) groups is 1. The van der Waals surface area contributed by atoms with Crippen molar-refractivity contribution < 1.29 is 4.79 Å². The fraction of sp³-hybridized carbons (Fsp3) is 0.529. The molecule has 24 heavy (non-hydrogen) atoms. The van der Waals surface area contributed by atoms with E-state index in [4.69, 9.17) is 0 Å². The van der Waals surface area contributed by atoms with Gasteiger partial charge in [-0.25, -0.2) is 0 Å². The van der Waals surface area contributed by atoms with Gasteiger partial charge in [-0.05, 0) is 31.9 Å². The molecule has 0 radical (unpaired) electrons. The lowest BCUT2D eigenvalue weighted by Crippen LogP contribution is -2.40. The first-order valence-corrected chi connectivity index (χ1v) is 9.30. The fourth-order valence-electron chi connectivity index (χ4n) is 2.94. The number of aromatic nitrogens is 4. The van der Waals surface area contributed by atoms with E-state index in [1.54, 1.807) is 12.4 Å². The van der Waals surface area contributed by atoms with Gasteiger partial charge in [0.15, 0.2) is 11.0 Å². The lowest BCUT2D eigenvalue weighted by molar-refractivity contribution is -0.121. The van der Waals surface area contributed by atoms with Crippen LogP contribution in [0.15, 0.2) is 29.7 Å². The summed E-state index contributed by atoms with van der Waals surface area (Å²) in [5, 5.41) is 12.2. The van der Waals surface area contributed by atoms with Crippen LogP contribution in [0, 0.1) is 0 Å². The third-order valence-electron chi connectivity index (χ3n) is 4.36. The molecule has 1 amide bonds. The molecule has 1 saturated carbocycles. The molecule has 0 spiro atoms. The predicted octanol–water partition coefficient (Wildman–Crippen LogP) is 2.81. The molecule has 1 unspecified atom stereocenters. The van der Waals surface area contributed by atoms with Crippen LogP contribution < -0.4 is 5.32 Å². The summed E-state index contributed by atoms with van der Waals surface area (Å²) in [6, 6.07) is 4.15. The fourth-order valence-corrected chi connectivity index (χ4v) is 3.76. The van der Waals surface area contributed by atoms with Gasteiger partial charge in [-0.1, -0.05) is 31.0 Å². The Morgan fingerprint density at radius 1 is 1.33 bits per heavy atom. The molecular formula is C17H23N5OS. The van der Waals surface area contributed by atoms with Gasteiger partial charge in [0, 0.05) is 31.0 Å². The lowest BCUT2D eigenvalue weighted by atomic mass is 9.95. The second kappa shape index (κ2) is 7.79. The summed E-state index contributed by atoms with van der Waals surface area (Å²) in [6.45, 7) is 1.92. The number of thioether (sulfide) groups is 1. The van der Waals surface area contributed by atoms with Crippen molar-refractivity contribution in [3.8, 4) is 11.4 Å². The molecule has 1 atom stereocenters. The first-order valence-electron chi connectivity index (χ1n) is 8.42. The van der Waals surface area contributed by atoms with Gasteiger partial charge in [-0.3, -0.25) is 9.78 Å². The molecule has 0 aliphatic heterocycles. The third kappa shape index (κ3) is 3.95. The van der Waals surface area contributed by atoms with Crippen LogP contribution in [0.25, 0.3) is 11.4 Å². The van der Waals surface area contributed by atoms with Gasteiger partial charge >= 0.3 is 0 Å². The van der Waals surface area contributed by atoms with Gasteiger partial charge in [0.2, 0.25) is 5.91 Å². The number of hydrogen-bond donors (Lipinski definition) is 1. The smallest absolute Gasteiger partial charge is 0.233 e. The van der Waals surface area contributed by atoms with E-state index >= 15 is 0 Å². The highest BCUT2D eigenvalue weighted by Gasteiger charge is 2.22. The summed E-state index contributed by atoms with van der Waals surface area (Å²) in [6.07, 6.45) is 9.39. The maximum absolute atomic E-state index is 12.4. The van der Waals surface area contributed by atoms with Crippen molar-refractivity contribution in [1.82, 2.24) is 25.1 Å². The number of hydrogen-bond acceptors (Lipinski definition) is 5. The topological polar surface area (TPSA) is 72.7 Å². The third-order valence-corrected chi connectivity index (χ3v) is 5.49. The van der Waals surface area contributed by atoms with Crippen LogP contribution in [-0.2, 0) is 11.8 Å². The number of carbonyl (C=O) groups excluding carboxylic acids is 1. The van der Waals surface area contributed by atoms with Gasteiger partial charge < -0.3 is 9.88 Å². The maximum atomic E-state index is 12.4. The van der Waals surface area contributed by atoms with E-state index in [9.17, 15) is 4.79 Å². The van der Waals surface area contributed by atoms with Crippen LogP contribution in [0.1, 0.15) is 39.0 Å². The average molecular weight is 345 g/mol. The van der Waals surface area contributed by atoms with Crippen LogP contribution in [0.5, 0.6) is 0 Å². The van der Waals surface area contributed by atoms with Gasteiger partial charge in [0.1, 0.15) is 0 Å². The van der Waals surface area contributed by atoms with E-state index in [1.165, 1.54) is 31.0 Å². The largest absolute Gasteiger partial charge is 0.352 e. The number of nitrogens with one attached hydrogen (secondary N) is 1. The van der Waals surface area contributed by atoms with Crippen LogP contribution in [-0.4, -0.2) is 36.9 Å². The summed E-state index contributed by atoms with van der Waals surface area (Å²) >= 11 is 1.44. The number of amides is 1. The predicted molar refractivity (Wildman–Crippen MR) is 94.6 cm³/mol. The molecule has 1 N–H and O–H groups in total. The van der Waals surface area contributed by atoms with Gasteiger partial charge in [0.05, 0.1) is 5.25 Å². The van der Waals surface area contributed by atoms with Gasteiger partial charge in [-0.2, -0.15) is 0 Å². The quantitative estimate of drug-likeness (QED) is 0.844. The zero-order chi connectivity index (χ0) is 16.9. The Bertz CT molecular complexity index is 682. The molecule has 1 aliphatic rings. The standard InChI is InChI=1S/C17H23N5OS/c1-12(16(23)19-14-8-4-3-5-9-14)24-17-21-20-15(22(17)2)13-7-6-10-18-11-13/h6-7,10-12,14H,3-5,8-9H2,1-2H3,(H,19,23). The van der Waals surface area contributed by atoms with Crippen molar-refractivity contribution in [1.29, 1.82) is 0 Å². The normalized spacial score (nSPS) is 16.8. The molecule has 3 rings (SSSR count). The van der Waals surface area contributed by atoms with E-state index < -0.39 is 0 Å². The van der Waals surface area contributed by atoms with Crippen LogP contribution in [0.3, 0.4) is 0 Å². The Hall–Kier alpha value is -1.89. The summed E-state index contributed by atoms with van der Waals surface area (Å²) in [5.74, 6) is 0.836. The molecule has 0 saturated heterocycles. The van der Waals surface area contributed by atoms with Crippen molar-refractivity contribution in [3.63, 3.8) is 0 Å². The average Bonchev–Trinajstić information content (AvgIpc) is 2.97. The summed E-state index contributed by atoms with van der Waals surface area (Å²) in [5.41, 5.74) is 0.915. The second-order valence-corrected chi connectivity index (χ2v) is 7.52. The first-order chi connectivity index (χ1) is 11.6. The molecule has 2 aromatic rings. The van der Waals surface area contributed by atoms with E-state index in [0.29, 0.717) is 6.04 Å². The Morgan fingerprint density at radius 2 is 2.12 bits per heavy atom. The van der Waals surface area contributed by atoms with E-state index in [-0.39, 0.29) is 11.2 Å². The number of nitrogens with zero attached hydrogens (tertiary/aromatic N) is 4. The van der Waals surface area contributed by atoms with Crippen LogP contribution in [0.4, 0.5) is 0 Å². The summed E-state index contributed by atoms with van der Waals surface area (Å²) in [7, 11) is 1.91. The molecule has 1 fully saturated rings. The lowest BCUT2D eigenvalue weighted by Gasteiger charge is -2.24.